The van der Waals surface area contributed by atoms with Crippen LogP contribution in [0.15, 0.2) is 42.2 Å². The Morgan fingerprint density at radius 2 is 2.18 bits per heavy atom. The van der Waals surface area contributed by atoms with Crippen LogP contribution in [0.5, 0.6) is 0 Å². The highest BCUT2D eigenvalue weighted by Crippen LogP contribution is 2.23. The van der Waals surface area contributed by atoms with Crippen molar-refractivity contribution < 1.29 is 0 Å². The summed E-state index contributed by atoms with van der Waals surface area (Å²) in [4.78, 5) is 0. The molecule has 0 aliphatic carbocycles. The smallest absolute Gasteiger partial charge is 0.108 e. The predicted octanol–water partition coefficient (Wildman–Crippen LogP) is 2.90. The van der Waals surface area contributed by atoms with E-state index in [1.54, 1.807) is 12.3 Å². The molecule has 3 heteroatoms. The first-order chi connectivity index (χ1) is 5.38. The molecule has 11 heavy (non-hydrogen) atoms. The van der Waals surface area contributed by atoms with E-state index in [4.69, 9.17) is 5.53 Å². The summed E-state index contributed by atoms with van der Waals surface area (Å²) in [6.07, 6.45) is 1.56. The van der Waals surface area contributed by atoms with Gasteiger partial charge in [0.2, 0.25) is 0 Å². The van der Waals surface area contributed by atoms with Crippen molar-refractivity contribution >= 4 is 11.4 Å². The second-order valence-electron chi connectivity index (χ2n) is 1.98. The van der Waals surface area contributed by atoms with Gasteiger partial charge >= 0.3 is 0 Å². The van der Waals surface area contributed by atoms with Crippen molar-refractivity contribution in [1.29, 1.82) is 5.53 Å². The number of rotatable bonds is 3. The van der Waals surface area contributed by atoms with E-state index in [9.17, 15) is 0 Å². The Hall–Kier alpha value is -1.64. The molecule has 0 unspecified atom stereocenters. The van der Waals surface area contributed by atoms with E-state index in [1.807, 2.05) is 18.2 Å². The van der Waals surface area contributed by atoms with Gasteiger partial charge in [-0.15, -0.1) is 0 Å². The Bertz CT molecular complexity index is 268. The number of benzene rings is 1. The van der Waals surface area contributed by atoms with Crippen LogP contribution in [0.1, 0.15) is 0 Å². The van der Waals surface area contributed by atoms with Crippen molar-refractivity contribution in [3.63, 3.8) is 0 Å². The van der Waals surface area contributed by atoms with Crippen LogP contribution in [0.3, 0.4) is 0 Å². The minimum atomic E-state index is 0.618. The first-order valence-corrected chi connectivity index (χ1v) is 3.22. The summed E-state index contributed by atoms with van der Waals surface area (Å²) in [5.74, 6) is 0. The zero-order valence-electron chi connectivity index (χ0n) is 6.04. The third kappa shape index (κ3) is 1.64. The molecule has 1 rings (SSSR count). The van der Waals surface area contributed by atoms with Crippen LogP contribution < -0.4 is 5.32 Å². The molecule has 0 spiro atoms. The van der Waals surface area contributed by atoms with Crippen molar-refractivity contribution in [2.24, 2.45) is 5.11 Å². The lowest BCUT2D eigenvalue weighted by Gasteiger charge is -2.01. The fraction of sp³-hybridized carbons (Fsp3) is 0. The molecule has 56 valence electrons. The van der Waals surface area contributed by atoms with Gasteiger partial charge in [0, 0.05) is 0 Å². The Kier molecular flexibility index (Phi) is 2.38. The van der Waals surface area contributed by atoms with E-state index in [0.29, 0.717) is 5.69 Å². The molecule has 0 saturated heterocycles. The summed E-state index contributed by atoms with van der Waals surface area (Å²) in [5, 5.41) is 6.21. The number of nitrogens with one attached hydrogen (secondary N) is 2. The molecule has 0 bridgehead atoms. The zero-order valence-corrected chi connectivity index (χ0v) is 6.04. The van der Waals surface area contributed by atoms with Crippen molar-refractivity contribution in [3.8, 4) is 0 Å². The largest absolute Gasteiger partial charge is 0.360 e. The quantitative estimate of drug-likeness (QED) is 0.634. The Morgan fingerprint density at radius 3 is 2.82 bits per heavy atom. The van der Waals surface area contributed by atoms with Crippen LogP contribution in [0.4, 0.5) is 11.4 Å². The molecule has 0 saturated carbocycles. The highest BCUT2D eigenvalue weighted by atomic mass is 15.0. The maximum atomic E-state index is 6.81. The van der Waals surface area contributed by atoms with Gasteiger partial charge in [-0.1, -0.05) is 18.7 Å². The maximum Gasteiger partial charge on any atom is 0.108 e. The first-order valence-electron chi connectivity index (χ1n) is 3.22. The normalized spacial score (nSPS) is 8.73. The van der Waals surface area contributed by atoms with Gasteiger partial charge in [0.1, 0.15) is 5.69 Å². The summed E-state index contributed by atoms with van der Waals surface area (Å²) in [6, 6.07) is 7.32. The van der Waals surface area contributed by atoms with Gasteiger partial charge in [-0.25, -0.2) is 5.53 Å². The second kappa shape index (κ2) is 3.51. The van der Waals surface area contributed by atoms with Crippen molar-refractivity contribution in [2.75, 3.05) is 5.32 Å². The zero-order chi connectivity index (χ0) is 8.10. The maximum absolute atomic E-state index is 6.81. The fourth-order valence-electron chi connectivity index (χ4n) is 0.803. The van der Waals surface area contributed by atoms with Gasteiger partial charge in [-0.2, -0.15) is 5.11 Å². The Balaban J connectivity index is 3.01. The molecule has 1 aromatic carbocycles. The van der Waals surface area contributed by atoms with Gasteiger partial charge in [0.25, 0.3) is 0 Å². The summed E-state index contributed by atoms with van der Waals surface area (Å²) < 4.78 is 0. The minimum Gasteiger partial charge on any atom is -0.360 e. The van der Waals surface area contributed by atoms with Crippen LogP contribution in [-0.4, -0.2) is 0 Å². The van der Waals surface area contributed by atoms with Crippen molar-refractivity contribution in [3.05, 3.63) is 37.0 Å². The summed E-state index contributed by atoms with van der Waals surface area (Å²) in [6.45, 7) is 3.52. The molecule has 0 amide bonds. The molecule has 3 nitrogen and oxygen atoms in total. The molecular formula is C8H9N3. The molecule has 2 N–H and O–H groups in total. The molecule has 0 heterocycles. The molecule has 1 aromatic rings. The van der Waals surface area contributed by atoms with E-state index in [1.165, 1.54) is 0 Å². The lowest BCUT2D eigenvalue weighted by molar-refractivity contribution is 1.15. The van der Waals surface area contributed by atoms with Crippen LogP contribution in [0, 0.1) is 5.53 Å². The summed E-state index contributed by atoms with van der Waals surface area (Å²) in [5.41, 5.74) is 8.23. The van der Waals surface area contributed by atoms with E-state index >= 15 is 0 Å². The highest BCUT2D eigenvalue weighted by molar-refractivity contribution is 5.65. The average Bonchev–Trinajstić information content (AvgIpc) is 2.06. The predicted molar refractivity (Wildman–Crippen MR) is 45.1 cm³/mol. The second-order valence-corrected chi connectivity index (χ2v) is 1.98. The van der Waals surface area contributed by atoms with E-state index < -0.39 is 0 Å². The van der Waals surface area contributed by atoms with Gasteiger partial charge < -0.3 is 5.32 Å². The third-order valence-corrected chi connectivity index (χ3v) is 1.28. The summed E-state index contributed by atoms with van der Waals surface area (Å²) in [7, 11) is 0. The topological polar surface area (TPSA) is 48.2 Å². The number of anilines is 1. The molecule has 0 aromatic heterocycles. The monoisotopic (exact) mass is 147 g/mol. The number of nitrogens with zero attached hydrogens (tertiary/aromatic N) is 1. The van der Waals surface area contributed by atoms with Gasteiger partial charge in [-0.05, 0) is 18.3 Å². The molecule has 0 fully saturated rings. The van der Waals surface area contributed by atoms with E-state index in [2.05, 4.69) is 17.0 Å². The fourth-order valence-corrected chi connectivity index (χ4v) is 0.803. The number of hydrogen-bond donors (Lipinski definition) is 2. The molecule has 0 atom stereocenters. The number of para-hydroxylation sites is 2. The SMILES string of the molecule is C=CNc1ccccc1N=N. The molecule has 0 aliphatic heterocycles. The van der Waals surface area contributed by atoms with Crippen LogP contribution >= 0.6 is 0 Å². The van der Waals surface area contributed by atoms with Crippen LogP contribution in [0.2, 0.25) is 0 Å². The Labute approximate surface area is 65.3 Å². The lowest BCUT2D eigenvalue weighted by Crippen LogP contribution is -1.84. The van der Waals surface area contributed by atoms with Crippen LogP contribution in [0.25, 0.3) is 0 Å². The lowest BCUT2D eigenvalue weighted by atomic mass is 10.3. The minimum absolute atomic E-state index is 0.618. The Morgan fingerprint density at radius 1 is 1.45 bits per heavy atom. The third-order valence-electron chi connectivity index (χ3n) is 1.28. The number of hydrogen-bond acceptors (Lipinski definition) is 3. The molecular weight excluding hydrogens is 138 g/mol. The van der Waals surface area contributed by atoms with Gasteiger partial charge in [0.15, 0.2) is 0 Å². The summed E-state index contributed by atoms with van der Waals surface area (Å²) >= 11 is 0. The standard InChI is InChI=1S/C8H9N3/c1-2-10-7-5-3-4-6-8(7)11-9/h2-6,9-10H,1H2. The van der Waals surface area contributed by atoms with Crippen LogP contribution in [-0.2, 0) is 0 Å². The van der Waals surface area contributed by atoms with Gasteiger partial charge in [0.05, 0.1) is 5.69 Å². The average molecular weight is 147 g/mol. The van der Waals surface area contributed by atoms with Crippen molar-refractivity contribution in [1.82, 2.24) is 0 Å². The first kappa shape index (κ1) is 7.47. The highest BCUT2D eigenvalue weighted by Gasteiger charge is 1.94. The van der Waals surface area contributed by atoms with E-state index in [-0.39, 0.29) is 0 Å². The van der Waals surface area contributed by atoms with Gasteiger partial charge in [-0.3, -0.25) is 0 Å². The molecule has 0 radical (unpaired) electrons. The molecule has 0 aliphatic rings. The van der Waals surface area contributed by atoms with E-state index in [0.717, 1.165) is 5.69 Å². The van der Waals surface area contributed by atoms with Crippen molar-refractivity contribution in [2.45, 2.75) is 0 Å².